The number of carbonyl (C=O) groups is 5. The number of aliphatic imine (C=N–C) groups is 1. The quantitative estimate of drug-likeness (QED) is 0.0671. The Kier molecular flexibility index (Phi) is 15.5. The zero-order valence-electron chi connectivity index (χ0n) is 25.9. The van der Waals surface area contributed by atoms with Crippen molar-refractivity contribution in [3.05, 3.63) is 71.3 Å². The first-order chi connectivity index (χ1) is 22.3. The predicted octanol–water partition coefficient (Wildman–Crippen LogP) is 0.478. The van der Waals surface area contributed by atoms with E-state index in [9.17, 15) is 37.5 Å². The molecule has 262 valence electrons. The van der Waals surface area contributed by atoms with Crippen LogP contribution in [0.5, 0.6) is 0 Å². The molecule has 15 nitrogen and oxygen atoms in total. The summed E-state index contributed by atoms with van der Waals surface area (Å²) in [5.41, 5.74) is 22.4. The van der Waals surface area contributed by atoms with E-state index in [-0.39, 0.29) is 37.6 Å². The number of carboxylic acid groups (broad SMARTS) is 2. The van der Waals surface area contributed by atoms with Gasteiger partial charge in [0.05, 0.1) is 5.41 Å². The van der Waals surface area contributed by atoms with Crippen molar-refractivity contribution < 1.29 is 47.4 Å². The van der Waals surface area contributed by atoms with Crippen molar-refractivity contribution in [2.75, 3.05) is 6.54 Å². The molecule has 0 heterocycles. The normalized spacial score (nSPS) is 13.2. The molecule has 18 heteroatoms. The number of hydrogen-bond acceptors (Lipinski definition) is 7. The third kappa shape index (κ3) is 13.8. The number of guanidine groups is 1. The Labute approximate surface area is 273 Å². The molecule has 0 fully saturated rings. The van der Waals surface area contributed by atoms with Crippen molar-refractivity contribution in [3.63, 3.8) is 0 Å². The van der Waals surface area contributed by atoms with Crippen LogP contribution >= 0.6 is 0 Å². The second kappa shape index (κ2) is 18.5. The molecular formula is C30H39F3N8O7. The molecule has 2 aromatic carbocycles. The summed E-state index contributed by atoms with van der Waals surface area (Å²) in [5.74, 6) is -6.17. The monoisotopic (exact) mass is 680 g/mol. The number of nitrogens with two attached hydrogens (primary N) is 4. The number of aliphatic carboxylic acids is 2. The van der Waals surface area contributed by atoms with E-state index in [2.05, 4.69) is 15.6 Å². The minimum Gasteiger partial charge on any atom is -0.481 e. The number of hydrogen-bond donors (Lipinski definition) is 9. The number of primary amides is 1. The molecule has 48 heavy (non-hydrogen) atoms. The molecule has 0 radical (unpaired) electrons. The highest BCUT2D eigenvalue weighted by molar-refractivity contribution is 5.96. The van der Waals surface area contributed by atoms with Gasteiger partial charge in [0, 0.05) is 18.5 Å². The highest BCUT2D eigenvalue weighted by Gasteiger charge is 2.39. The molecular weight excluding hydrogens is 641 g/mol. The summed E-state index contributed by atoms with van der Waals surface area (Å²) < 4.78 is 31.7. The average molecular weight is 681 g/mol. The van der Waals surface area contributed by atoms with Gasteiger partial charge in [-0.25, -0.2) is 4.79 Å². The number of rotatable bonds is 16. The van der Waals surface area contributed by atoms with Crippen LogP contribution in [0.1, 0.15) is 49.3 Å². The molecule has 1 unspecified atom stereocenters. The number of nitrogens with one attached hydrogen (secondary N) is 3. The van der Waals surface area contributed by atoms with Gasteiger partial charge in [0.15, 0.2) is 5.96 Å². The zero-order chi connectivity index (χ0) is 36.7. The van der Waals surface area contributed by atoms with Crippen molar-refractivity contribution >= 4 is 41.5 Å². The Hall–Kier alpha value is -5.68. The average Bonchev–Trinajstić information content (AvgIpc) is 3.00. The van der Waals surface area contributed by atoms with Crippen LogP contribution in [0.2, 0.25) is 0 Å². The van der Waals surface area contributed by atoms with Crippen LogP contribution in [0.15, 0.2) is 59.6 Å². The van der Waals surface area contributed by atoms with Crippen molar-refractivity contribution in [3.8, 4) is 0 Å². The molecule has 2 rings (SSSR count). The van der Waals surface area contributed by atoms with Gasteiger partial charge in [-0.05, 0) is 43.7 Å². The largest absolute Gasteiger partial charge is 0.490 e. The van der Waals surface area contributed by atoms with Gasteiger partial charge in [-0.2, -0.15) is 13.2 Å². The number of alkyl halides is 3. The first-order valence-electron chi connectivity index (χ1n) is 14.2. The van der Waals surface area contributed by atoms with E-state index in [0.29, 0.717) is 17.5 Å². The van der Waals surface area contributed by atoms with Crippen LogP contribution in [0.3, 0.4) is 0 Å². The smallest absolute Gasteiger partial charge is 0.481 e. The maximum absolute atomic E-state index is 13.9. The number of carboxylic acids is 2. The van der Waals surface area contributed by atoms with E-state index in [0.717, 1.165) is 5.56 Å². The van der Waals surface area contributed by atoms with Gasteiger partial charge in [-0.3, -0.25) is 29.6 Å². The van der Waals surface area contributed by atoms with E-state index in [1.165, 1.54) is 0 Å². The van der Waals surface area contributed by atoms with Crippen molar-refractivity contribution in [1.29, 1.82) is 5.41 Å². The second-order valence-electron chi connectivity index (χ2n) is 10.7. The number of amides is 3. The van der Waals surface area contributed by atoms with E-state index >= 15 is 0 Å². The number of halogens is 3. The minimum atomic E-state index is -5.08. The third-order valence-corrected chi connectivity index (χ3v) is 6.85. The number of carbonyl (C=O) groups excluding carboxylic acids is 3. The topological polar surface area (TPSA) is 290 Å². The molecule has 0 spiro atoms. The Balaban J connectivity index is 0.00000148. The molecule has 0 saturated heterocycles. The van der Waals surface area contributed by atoms with Gasteiger partial charge in [0.25, 0.3) is 0 Å². The number of benzene rings is 2. The third-order valence-electron chi connectivity index (χ3n) is 6.85. The van der Waals surface area contributed by atoms with E-state index < -0.39 is 59.8 Å². The van der Waals surface area contributed by atoms with Gasteiger partial charge in [0.1, 0.15) is 17.9 Å². The molecule has 13 N–H and O–H groups in total. The van der Waals surface area contributed by atoms with Crippen molar-refractivity contribution in [2.24, 2.45) is 27.9 Å². The van der Waals surface area contributed by atoms with Crippen molar-refractivity contribution in [2.45, 2.75) is 62.7 Å². The summed E-state index contributed by atoms with van der Waals surface area (Å²) in [4.78, 5) is 63.2. The Morgan fingerprint density at radius 3 is 1.90 bits per heavy atom. The first kappa shape index (κ1) is 40.3. The van der Waals surface area contributed by atoms with Crippen LogP contribution in [0, 0.1) is 5.41 Å². The Bertz CT molecular complexity index is 1470. The first-order valence-corrected chi connectivity index (χ1v) is 14.2. The summed E-state index contributed by atoms with van der Waals surface area (Å²) in [6, 6.07) is 13.5. The fourth-order valence-corrected chi connectivity index (χ4v) is 4.25. The highest BCUT2D eigenvalue weighted by Crippen LogP contribution is 2.29. The fraction of sp³-hybridized carbons (Fsp3) is 0.367. The number of amidine groups is 1. The fourth-order valence-electron chi connectivity index (χ4n) is 4.25. The minimum absolute atomic E-state index is 0.0853. The van der Waals surface area contributed by atoms with E-state index in [1.54, 1.807) is 55.5 Å². The molecule has 3 atom stereocenters. The van der Waals surface area contributed by atoms with Crippen LogP contribution < -0.4 is 33.6 Å². The Morgan fingerprint density at radius 2 is 1.44 bits per heavy atom. The summed E-state index contributed by atoms with van der Waals surface area (Å²) in [6.07, 6.45) is -5.01. The zero-order valence-corrected chi connectivity index (χ0v) is 25.9. The maximum atomic E-state index is 13.9. The van der Waals surface area contributed by atoms with Crippen molar-refractivity contribution in [1.82, 2.24) is 10.6 Å². The van der Waals surface area contributed by atoms with Crippen LogP contribution in [0.25, 0.3) is 0 Å². The van der Waals surface area contributed by atoms with Crippen LogP contribution in [-0.2, 0) is 35.8 Å². The highest BCUT2D eigenvalue weighted by atomic mass is 19.4. The summed E-state index contributed by atoms with van der Waals surface area (Å²) in [5, 5.41) is 29.2. The van der Waals surface area contributed by atoms with E-state index in [4.69, 9.17) is 38.2 Å². The summed E-state index contributed by atoms with van der Waals surface area (Å²) in [7, 11) is 0. The van der Waals surface area contributed by atoms with Gasteiger partial charge in [-0.1, -0.05) is 54.6 Å². The standard InChI is InChI=1S/C28H38N8O5.C2HF3O2/c1-28(19-6-3-2-4-7-19,16-17-9-11-18(12-10-17)23(29)30)26(41)36-21(13-14-22(37)38)25(40)35-20(24(31)39)8-5-15-34-27(32)33;3-2(4,5)1(6)7/h2-4,6-7,9-12,20-21H,5,8,13-16H2,1H3,(H3,29,30)(H2,31,39)(H,35,40)(H,36,41)(H,37,38)(H4,32,33,34);(H,6,7)/t20-,21-,28?;/m0./s1. The number of nitrogen functional groups attached to an aromatic ring is 1. The van der Waals surface area contributed by atoms with Gasteiger partial charge in [-0.15, -0.1) is 0 Å². The predicted molar refractivity (Wildman–Crippen MR) is 168 cm³/mol. The SMILES string of the molecule is CC(Cc1ccc(C(=N)N)cc1)(C(=O)N[C@@H](CCC(=O)O)C(=O)N[C@@H](CCCN=C(N)N)C(N)=O)c1ccccc1.O=C(O)C(F)(F)F. The summed E-state index contributed by atoms with van der Waals surface area (Å²) in [6.45, 7) is 1.93. The second-order valence-corrected chi connectivity index (χ2v) is 10.7. The molecule has 0 aliphatic carbocycles. The molecule has 0 aliphatic heterocycles. The molecule has 0 aromatic heterocycles. The number of nitrogens with zero attached hydrogens (tertiary/aromatic N) is 1. The van der Waals surface area contributed by atoms with Gasteiger partial charge in [0.2, 0.25) is 17.7 Å². The lowest BCUT2D eigenvalue weighted by Crippen LogP contribution is -2.56. The molecule has 0 bridgehead atoms. The lowest BCUT2D eigenvalue weighted by molar-refractivity contribution is -0.192. The van der Waals surface area contributed by atoms with Crippen LogP contribution in [0.4, 0.5) is 13.2 Å². The summed E-state index contributed by atoms with van der Waals surface area (Å²) >= 11 is 0. The molecule has 3 amide bonds. The lowest BCUT2D eigenvalue weighted by atomic mass is 9.76. The van der Waals surface area contributed by atoms with E-state index in [1.807, 2.05) is 6.07 Å². The molecule has 0 aliphatic rings. The maximum Gasteiger partial charge on any atom is 0.490 e. The lowest BCUT2D eigenvalue weighted by Gasteiger charge is -2.31. The Morgan fingerprint density at radius 1 is 0.875 bits per heavy atom. The van der Waals surface area contributed by atoms with Crippen LogP contribution in [-0.4, -0.2) is 76.5 Å². The van der Waals surface area contributed by atoms with Gasteiger partial charge < -0.3 is 43.8 Å². The van der Waals surface area contributed by atoms with Gasteiger partial charge >= 0.3 is 18.1 Å². The molecule has 0 saturated carbocycles. The molecule has 2 aromatic rings.